The molecule has 2 atom stereocenters. The van der Waals surface area contributed by atoms with E-state index in [4.69, 9.17) is 0 Å². The maximum atomic E-state index is 9.88. The van der Waals surface area contributed by atoms with Crippen molar-refractivity contribution in [2.24, 2.45) is 11.3 Å². The largest absolute Gasteiger partial charge is 0.390 e. The van der Waals surface area contributed by atoms with Gasteiger partial charge in [-0.2, -0.15) is 0 Å². The number of aliphatic hydroxyl groups is 1. The molecule has 0 aromatic rings. The fraction of sp³-hybridized carbons (Fsp3) is 1.00. The van der Waals surface area contributed by atoms with E-state index in [0.29, 0.717) is 11.3 Å². The van der Waals surface area contributed by atoms with Gasteiger partial charge in [-0.25, -0.2) is 0 Å². The first-order valence-electron chi connectivity index (χ1n) is 4.53. The van der Waals surface area contributed by atoms with Gasteiger partial charge in [-0.05, 0) is 37.5 Å². The molecule has 1 aliphatic rings. The number of hydrogen-bond acceptors (Lipinski definition) is 1. The average Bonchev–Trinajstić information content (AvgIpc) is 1.49. The second kappa shape index (κ2) is 2.48. The monoisotopic (exact) mass is 156 g/mol. The highest BCUT2D eigenvalue weighted by Gasteiger charge is 2.37. The highest BCUT2D eigenvalue weighted by atomic mass is 16.3. The lowest BCUT2D eigenvalue weighted by atomic mass is 9.66. The zero-order chi connectivity index (χ0) is 8.70. The summed E-state index contributed by atoms with van der Waals surface area (Å²) in [6.07, 6.45) is 3.17. The smallest absolute Gasteiger partial charge is 0.0627 e. The van der Waals surface area contributed by atoms with Gasteiger partial charge in [0.15, 0.2) is 0 Å². The van der Waals surface area contributed by atoms with Crippen molar-refractivity contribution < 1.29 is 5.11 Å². The molecule has 1 rings (SSSR count). The summed E-state index contributed by atoms with van der Waals surface area (Å²) in [6, 6.07) is 0. The minimum atomic E-state index is -0.416. The highest BCUT2D eigenvalue weighted by molar-refractivity contribution is 4.89. The first-order chi connectivity index (χ1) is 4.81. The molecule has 0 saturated heterocycles. The van der Waals surface area contributed by atoms with Gasteiger partial charge in [0.25, 0.3) is 0 Å². The van der Waals surface area contributed by atoms with E-state index in [9.17, 15) is 5.11 Å². The molecule has 0 aromatic carbocycles. The fourth-order valence-corrected chi connectivity index (χ4v) is 2.94. The Bertz CT molecular complexity index is 131. The zero-order valence-corrected chi connectivity index (χ0v) is 8.15. The van der Waals surface area contributed by atoms with E-state index in [-0.39, 0.29) is 0 Å². The van der Waals surface area contributed by atoms with Crippen LogP contribution in [-0.2, 0) is 0 Å². The minimum Gasteiger partial charge on any atom is -0.390 e. The third-order valence-corrected chi connectivity index (χ3v) is 2.55. The van der Waals surface area contributed by atoms with Crippen molar-refractivity contribution in [2.45, 2.75) is 52.6 Å². The zero-order valence-electron chi connectivity index (χ0n) is 8.15. The van der Waals surface area contributed by atoms with Crippen molar-refractivity contribution in [3.8, 4) is 0 Å². The van der Waals surface area contributed by atoms with E-state index < -0.39 is 5.60 Å². The molecule has 0 unspecified atom stereocenters. The van der Waals surface area contributed by atoms with Crippen molar-refractivity contribution in [3.05, 3.63) is 0 Å². The van der Waals surface area contributed by atoms with E-state index in [1.165, 1.54) is 6.42 Å². The van der Waals surface area contributed by atoms with Crippen LogP contribution in [0.1, 0.15) is 47.0 Å². The summed E-state index contributed by atoms with van der Waals surface area (Å²) in [6.45, 7) is 8.69. The van der Waals surface area contributed by atoms with Gasteiger partial charge in [-0.3, -0.25) is 0 Å². The lowest BCUT2D eigenvalue weighted by Gasteiger charge is -2.42. The van der Waals surface area contributed by atoms with Crippen molar-refractivity contribution in [1.29, 1.82) is 0 Å². The first kappa shape index (κ1) is 9.05. The fourth-order valence-electron chi connectivity index (χ4n) is 2.94. The van der Waals surface area contributed by atoms with Gasteiger partial charge in [0, 0.05) is 0 Å². The standard InChI is InChI=1S/C10H20O/c1-8-5-9(2,3)7-10(4,11)6-8/h8,11H,5-7H2,1-4H3/t8-,10-/m0/s1. The van der Waals surface area contributed by atoms with Crippen molar-refractivity contribution in [3.63, 3.8) is 0 Å². The van der Waals surface area contributed by atoms with Gasteiger partial charge in [0.05, 0.1) is 5.60 Å². The summed E-state index contributed by atoms with van der Waals surface area (Å²) in [5.41, 5.74) is -0.0810. The molecule has 0 heterocycles. The van der Waals surface area contributed by atoms with Crippen molar-refractivity contribution in [2.75, 3.05) is 0 Å². The molecule has 1 nitrogen and oxygen atoms in total. The van der Waals surface area contributed by atoms with Gasteiger partial charge >= 0.3 is 0 Å². The second-order valence-electron chi connectivity index (χ2n) is 5.35. The molecular formula is C10H20O. The number of rotatable bonds is 0. The molecule has 0 spiro atoms. The van der Waals surface area contributed by atoms with Crippen LogP contribution < -0.4 is 0 Å². The van der Waals surface area contributed by atoms with Gasteiger partial charge in [0.2, 0.25) is 0 Å². The van der Waals surface area contributed by atoms with Gasteiger partial charge in [-0.1, -0.05) is 20.8 Å². The maximum absolute atomic E-state index is 9.88. The Balaban J connectivity index is 2.66. The summed E-state index contributed by atoms with van der Waals surface area (Å²) in [5.74, 6) is 0.675. The molecule has 0 amide bonds. The Morgan fingerprint density at radius 1 is 1.18 bits per heavy atom. The van der Waals surface area contributed by atoms with Crippen LogP contribution in [0.25, 0.3) is 0 Å². The topological polar surface area (TPSA) is 20.2 Å². The van der Waals surface area contributed by atoms with E-state index >= 15 is 0 Å². The van der Waals surface area contributed by atoms with Crippen LogP contribution in [0.3, 0.4) is 0 Å². The van der Waals surface area contributed by atoms with Crippen LogP contribution in [0.5, 0.6) is 0 Å². The van der Waals surface area contributed by atoms with Crippen LogP contribution in [0.2, 0.25) is 0 Å². The van der Waals surface area contributed by atoms with Crippen LogP contribution in [0, 0.1) is 11.3 Å². The first-order valence-corrected chi connectivity index (χ1v) is 4.53. The molecule has 1 heteroatoms. The summed E-state index contributed by atoms with van der Waals surface area (Å²) in [5, 5.41) is 9.88. The van der Waals surface area contributed by atoms with Crippen LogP contribution >= 0.6 is 0 Å². The van der Waals surface area contributed by atoms with Crippen molar-refractivity contribution >= 4 is 0 Å². The number of hydrogen-bond donors (Lipinski definition) is 1. The molecule has 1 aliphatic carbocycles. The van der Waals surface area contributed by atoms with E-state index in [1.807, 2.05) is 6.92 Å². The highest BCUT2D eigenvalue weighted by Crippen LogP contribution is 2.43. The third kappa shape index (κ3) is 2.48. The van der Waals surface area contributed by atoms with E-state index in [2.05, 4.69) is 20.8 Å². The average molecular weight is 156 g/mol. The molecule has 0 aromatic heterocycles. The molecule has 1 N–H and O–H groups in total. The molecule has 1 fully saturated rings. The molecular weight excluding hydrogens is 136 g/mol. The summed E-state index contributed by atoms with van der Waals surface area (Å²) < 4.78 is 0. The van der Waals surface area contributed by atoms with Gasteiger partial charge in [0.1, 0.15) is 0 Å². The maximum Gasteiger partial charge on any atom is 0.0627 e. The Labute approximate surface area is 69.8 Å². The Morgan fingerprint density at radius 2 is 1.73 bits per heavy atom. The SMILES string of the molecule is C[C@H]1CC(C)(C)C[C@@](C)(O)C1. The molecule has 11 heavy (non-hydrogen) atoms. The van der Waals surface area contributed by atoms with Crippen molar-refractivity contribution in [1.82, 2.24) is 0 Å². The van der Waals surface area contributed by atoms with Crippen LogP contribution in [-0.4, -0.2) is 10.7 Å². The van der Waals surface area contributed by atoms with E-state index in [0.717, 1.165) is 12.8 Å². The molecule has 0 radical (unpaired) electrons. The predicted molar refractivity (Wildman–Crippen MR) is 47.4 cm³/mol. The summed E-state index contributed by atoms with van der Waals surface area (Å²) in [4.78, 5) is 0. The molecule has 66 valence electrons. The second-order valence-corrected chi connectivity index (χ2v) is 5.35. The predicted octanol–water partition coefficient (Wildman–Crippen LogP) is 2.58. The normalized spacial score (nSPS) is 43.9. The Morgan fingerprint density at radius 3 is 2.09 bits per heavy atom. The molecule has 1 saturated carbocycles. The summed E-state index contributed by atoms with van der Waals surface area (Å²) in [7, 11) is 0. The Hall–Kier alpha value is -0.0400. The Kier molecular flexibility index (Phi) is 2.04. The third-order valence-electron chi connectivity index (χ3n) is 2.55. The van der Waals surface area contributed by atoms with Crippen LogP contribution in [0.4, 0.5) is 0 Å². The molecule has 0 bridgehead atoms. The van der Waals surface area contributed by atoms with Gasteiger partial charge < -0.3 is 5.11 Å². The van der Waals surface area contributed by atoms with Crippen LogP contribution in [0.15, 0.2) is 0 Å². The summed E-state index contributed by atoms with van der Waals surface area (Å²) >= 11 is 0. The lowest BCUT2D eigenvalue weighted by molar-refractivity contribution is -0.0435. The molecule has 0 aliphatic heterocycles. The van der Waals surface area contributed by atoms with Gasteiger partial charge in [-0.15, -0.1) is 0 Å². The van der Waals surface area contributed by atoms with E-state index in [1.54, 1.807) is 0 Å². The lowest BCUT2D eigenvalue weighted by Crippen LogP contribution is -2.39. The quantitative estimate of drug-likeness (QED) is 0.571. The minimum absolute atomic E-state index is 0.334.